The molecule has 29 heavy (non-hydrogen) atoms. The summed E-state index contributed by atoms with van der Waals surface area (Å²) in [5, 5.41) is 12.4. The number of rotatable bonds is 3. The minimum atomic E-state index is -1.11. The average molecular weight is 396 g/mol. The van der Waals surface area contributed by atoms with Crippen molar-refractivity contribution in [2.24, 2.45) is 7.05 Å². The van der Waals surface area contributed by atoms with Crippen LogP contribution in [-0.4, -0.2) is 24.3 Å². The molecule has 11 heteroatoms. The first kappa shape index (κ1) is 18.1. The number of halogens is 2. The van der Waals surface area contributed by atoms with Gasteiger partial charge in [0.05, 0.1) is 23.0 Å². The first-order chi connectivity index (χ1) is 13.9. The third-order valence-corrected chi connectivity index (χ3v) is 4.08. The SMILES string of the molecule is Cn1cnc2ccc(Oc3c(F)cc(-n4nc(C#N)c(=O)[nH]c4=O)cc3F)cc21. The van der Waals surface area contributed by atoms with Gasteiger partial charge in [-0.25, -0.2) is 18.6 Å². The predicted octanol–water partition coefficient (Wildman–Crippen LogP) is 1.75. The largest absolute Gasteiger partial charge is 0.451 e. The van der Waals surface area contributed by atoms with Crippen molar-refractivity contribution in [3.63, 3.8) is 0 Å². The number of nitriles is 1. The first-order valence-corrected chi connectivity index (χ1v) is 8.09. The van der Waals surface area contributed by atoms with Crippen LogP contribution in [0.3, 0.4) is 0 Å². The molecule has 0 aliphatic rings. The second-order valence-electron chi connectivity index (χ2n) is 5.98. The van der Waals surface area contributed by atoms with Crippen molar-refractivity contribution >= 4 is 11.0 Å². The Bertz CT molecular complexity index is 1410. The molecular formula is C18H10F2N6O3. The maximum absolute atomic E-state index is 14.5. The van der Waals surface area contributed by atoms with E-state index < -0.39 is 34.3 Å². The summed E-state index contributed by atoms with van der Waals surface area (Å²) < 4.78 is 36.7. The molecule has 0 amide bonds. The topological polar surface area (TPSA) is 119 Å². The summed E-state index contributed by atoms with van der Waals surface area (Å²) in [5.41, 5.74) is -1.62. The molecule has 2 heterocycles. The van der Waals surface area contributed by atoms with E-state index in [2.05, 4.69) is 10.1 Å². The molecule has 2 aromatic carbocycles. The Kier molecular flexibility index (Phi) is 4.16. The lowest BCUT2D eigenvalue weighted by atomic mass is 10.2. The fourth-order valence-corrected chi connectivity index (χ4v) is 2.70. The Morgan fingerprint density at radius 3 is 2.59 bits per heavy atom. The standard InChI is InChI=1S/C18H10F2N6O3/c1-25-8-22-13-3-2-10(6-15(13)25)29-16-11(19)4-9(5-12(16)20)26-18(28)23-17(27)14(7-21)24-26/h2-6,8H,1H3,(H,23,27,28). The summed E-state index contributed by atoms with van der Waals surface area (Å²) in [5.74, 6) is -2.72. The molecule has 0 spiro atoms. The van der Waals surface area contributed by atoms with E-state index in [9.17, 15) is 18.4 Å². The van der Waals surface area contributed by atoms with Gasteiger partial charge in [0.25, 0.3) is 5.56 Å². The number of aromatic nitrogens is 5. The molecule has 4 rings (SSSR count). The van der Waals surface area contributed by atoms with Gasteiger partial charge < -0.3 is 9.30 Å². The van der Waals surface area contributed by atoms with Crippen molar-refractivity contribution in [1.29, 1.82) is 5.26 Å². The normalized spacial score (nSPS) is 10.8. The van der Waals surface area contributed by atoms with E-state index in [0.717, 1.165) is 12.1 Å². The Morgan fingerprint density at radius 2 is 1.90 bits per heavy atom. The van der Waals surface area contributed by atoms with Crippen LogP contribution in [0.1, 0.15) is 5.69 Å². The van der Waals surface area contributed by atoms with E-state index in [4.69, 9.17) is 10.00 Å². The van der Waals surface area contributed by atoms with Gasteiger partial charge >= 0.3 is 5.69 Å². The lowest BCUT2D eigenvalue weighted by Gasteiger charge is -2.11. The van der Waals surface area contributed by atoms with Gasteiger partial charge in [-0.2, -0.15) is 9.94 Å². The number of aryl methyl sites for hydroxylation is 1. The molecule has 0 bridgehead atoms. The van der Waals surface area contributed by atoms with E-state index in [1.165, 1.54) is 12.1 Å². The van der Waals surface area contributed by atoms with Crippen LogP contribution >= 0.6 is 0 Å². The highest BCUT2D eigenvalue weighted by molar-refractivity contribution is 5.77. The zero-order valence-corrected chi connectivity index (χ0v) is 14.7. The summed E-state index contributed by atoms with van der Waals surface area (Å²) in [6, 6.07) is 7.81. The van der Waals surface area contributed by atoms with Crippen LogP contribution in [-0.2, 0) is 7.05 Å². The molecule has 144 valence electrons. The first-order valence-electron chi connectivity index (χ1n) is 8.09. The number of nitrogens with zero attached hydrogens (tertiary/aromatic N) is 5. The van der Waals surface area contributed by atoms with E-state index in [0.29, 0.717) is 15.7 Å². The molecule has 0 saturated carbocycles. The van der Waals surface area contributed by atoms with Crippen molar-refractivity contribution in [3.8, 4) is 23.3 Å². The highest BCUT2D eigenvalue weighted by atomic mass is 19.1. The molecule has 2 aromatic heterocycles. The molecule has 0 aliphatic carbocycles. The molecular weight excluding hydrogens is 386 g/mol. The molecule has 0 radical (unpaired) electrons. The van der Waals surface area contributed by atoms with Gasteiger partial charge in [0.15, 0.2) is 17.4 Å². The van der Waals surface area contributed by atoms with Gasteiger partial charge in [0.1, 0.15) is 11.8 Å². The summed E-state index contributed by atoms with van der Waals surface area (Å²) in [4.78, 5) is 29.3. The minimum Gasteiger partial charge on any atom is -0.451 e. The van der Waals surface area contributed by atoms with Gasteiger partial charge in [-0.1, -0.05) is 0 Å². The molecule has 0 atom stereocenters. The quantitative estimate of drug-likeness (QED) is 0.564. The minimum absolute atomic E-state index is 0.178. The second-order valence-corrected chi connectivity index (χ2v) is 5.98. The number of aromatic amines is 1. The molecule has 4 aromatic rings. The van der Waals surface area contributed by atoms with Crippen LogP contribution in [0.15, 0.2) is 46.2 Å². The predicted molar refractivity (Wildman–Crippen MR) is 95.9 cm³/mol. The number of H-pyrrole nitrogens is 1. The molecule has 0 saturated heterocycles. The van der Waals surface area contributed by atoms with Crippen molar-refractivity contribution in [3.05, 3.63) is 74.8 Å². The summed E-state index contributed by atoms with van der Waals surface area (Å²) in [6.45, 7) is 0. The molecule has 0 aliphatic heterocycles. The van der Waals surface area contributed by atoms with Crippen molar-refractivity contribution in [1.82, 2.24) is 24.3 Å². The summed E-state index contributed by atoms with van der Waals surface area (Å²) >= 11 is 0. The smallest absolute Gasteiger partial charge is 0.349 e. The number of fused-ring (bicyclic) bond motifs is 1. The van der Waals surface area contributed by atoms with Crippen LogP contribution in [0.4, 0.5) is 8.78 Å². The number of hydrogen-bond acceptors (Lipinski definition) is 6. The third kappa shape index (κ3) is 3.12. The molecule has 0 fully saturated rings. The molecule has 9 nitrogen and oxygen atoms in total. The number of imidazole rings is 1. The fraction of sp³-hybridized carbons (Fsp3) is 0.0556. The molecule has 0 unspecified atom stereocenters. The Morgan fingerprint density at radius 1 is 1.17 bits per heavy atom. The lowest BCUT2D eigenvalue weighted by molar-refractivity contribution is 0.407. The Balaban J connectivity index is 1.76. The molecule has 1 N–H and O–H groups in total. The lowest BCUT2D eigenvalue weighted by Crippen LogP contribution is -2.33. The highest BCUT2D eigenvalue weighted by Gasteiger charge is 2.17. The number of nitrogens with one attached hydrogen (secondary N) is 1. The van der Waals surface area contributed by atoms with E-state index >= 15 is 0 Å². The zero-order chi connectivity index (χ0) is 20.7. The summed E-state index contributed by atoms with van der Waals surface area (Å²) in [7, 11) is 1.76. The number of hydrogen-bond donors (Lipinski definition) is 1. The van der Waals surface area contributed by atoms with E-state index in [1.807, 2.05) is 4.98 Å². The Labute approximate surface area is 160 Å². The van der Waals surface area contributed by atoms with Crippen LogP contribution in [0.25, 0.3) is 16.7 Å². The van der Waals surface area contributed by atoms with Gasteiger partial charge in [0.2, 0.25) is 5.69 Å². The second kappa shape index (κ2) is 6.68. The highest BCUT2D eigenvalue weighted by Crippen LogP contribution is 2.30. The van der Waals surface area contributed by atoms with Gasteiger partial charge in [-0.05, 0) is 12.1 Å². The van der Waals surface area contributed by atoms with Crippen molar-refractivity contribution in [2.45, 2.75) is 0 Å². The monoisotopic (exact) mass is 396 g/mol. The maximum atomic E-state index is 14.5. The van der Waals surface area contributed by atoms with Crippen LogP contribution in [0.2, 0.25) is 0 Å². The van der Waals surface area contributed by atoms with E-state index in [-0.39, 0.29) is 11.4 Å². The van der Waals surface area contributed by atoms with Crippen molar-refractivity contribution in [2.75, 3.05) is 0 Å². The maximum Gasteiger partial charge on any atom is 0.349 e. The van der Waals surface area contributed by atoms with E-state index in [1.54, 1.807) is 30.1 Å². The van der Waals surface area contributed by atoms with Crippen LogP contribution in [0, 0.1) is 23.0 Å². The fourth-order valence-electron chi connectivity index (χ4n) is 2.70. The van der Waals surface area contributed by atoms with Gasteiger partial charge in [-0.15, -0.1) is 5.10 Å². The third-order valence-electron chi connectivity index (χ3n) is 4.08. The van der Waals surface area contributed by atoms with Crippen molar-refractivity contribution < 1.29 is 13.5 Å². The number of ether oxygens (including phenoxy) is 1. The Hall–Kier alpha value is -4.33. The average Bonchev–Trinajstić information content (AvgIpc) is 3.05. The van der Waals surface area contributed by atoms with Gasteiger partial charge in [-0.3, -0.25) is 9.78 Å². The van der Waals surface area contributed by atoms with Gasteiger partial charge in [0, 0.05) is 25.2 Å². The van der Waals surface area contributed by atoms with Crippen LogP contribution < -0.4 is 16.0 Å². The number of benzene rings is 2. The zero-order valence-electron chi connectivity index (χ0n) is 14.7. The van der Waals surface area contributed by atoms with Crippen LogP contribution in [0.5, 0.6) is 11.5 Å². The summed E-state index contributed by atoms with van der Waals surface area (Å²) in [6.07, 6.45) is 1.59.